The Hall–Kier alpha value is -2.18. The third kappa shape index (κ3) is 4.45. The van der Waals surface area contributed by atoms with Crippen LogP contribution in [-0.4, -0.2) is 31.7 Å². The minimum absolute atomic E-state index is 0.0132. The van der Waals surface area contributed by atoms with Crippen molar-refractivity contribution < 1.29 is 13.2 Å². The van der Waals surface area contributed by atoms with Gasteiger partial charge in [-0.3, -0.25) is 4.79 Å². The van der Waals surface area contributed by atoms with Gasteiger partial charge in [0.25, 0.3) is 0 Å². The summed E-state index contributed by atoms with van der Waals surface area (Å²) in [6, 6.07) is 16.8. The summed E-state index contributed by atoms with van der Waals surface area (Å²) in [6.45, 7) is 5.16. The van der Waals surface area contributed by atoms with Gasteiger partial charge in [-0.05, 0) is 42.5 Å². The van der Waals surface area contributed by atoms with Crippen molar-refractivity contribution in [1.82, 2.24) is 9.62 Å². The summed E-state index contributed by atoms with van der Waals surface area (Å²) in [5, 5.41) is 3.00. The highest BCUT2D eigenvalue weighted by atomic mass is 32.2. The van der Waals surface area contributed by atoms with E-state index < -0.39 is 15.4 Å². The predicted molar refractivity (Wildman–Crippen MR) is 110 cm³/mol. The summed E-state index contributed by atoms with van der Waals surface area (Å²) in [7, 11) is -3.52. The zero-order valence-corrected chi connectivity index (χ0v) is 17.3. The van der Waals surface area contributed by atoms with Gasteiger partial charge in [-0.1, -0.05) is 56.3 Å². The topological polar surface area (TPSA) is 66.5 Å². The molecule has 2 aromatic carbocycles. The van der Waals surface area contributed by atoms with Gasteiger partial charge < -0.3 is 5.32 Å². The molecule has 0 aromatic heterocycles. The Bertz CT molecular complexity index is 901. The number of nitrogens with one attached hydrogen (secondary N) is 1. The van der Waals surface area contributed by atoms with E-state index in [0.717, 1.165) is 17.5 Å². The number of rotatable bonds is 6. The van der Waals surface area contributed by atoms with E-state index in [1.807, 2.05) is 56.3 Å². The van der Waals surface area contributed by atoms with Gasteiger partial charge in [-0.25, -0.2) is 8.42 Å². The van der Waals surface area contributed by atoms with Crippen molar-refractivity contribution in [1.29, 1.82) is 0 Å². The highest BCUT2D eigenvalue weighted by Gasteiger charge is 2.40. The van der Waals surface area contributed by atoms with Crippen LogP contribution in [0.1, 0.15) is 37.8 Å². The fourth-order valence-corrected chi connectivity index (χ4v) is 4.93. The molecule has 6 heteroatoms. The van der Waals surface area contributed by atoms with E-state index in [1.54, 1.807) is 12.1 Å². The van der Waals surface area contributed by atoms with Gasteiger partial charge >= 0.3 is 0 Å². The summed E-state index contributed by atoms with van der Waals surface area (Å²) in [4.78, 5) is 13.0. The SMILES string of the molecule is CCc1ccc(S(=O)(=O)N2CCC(C)(C(=O)NCc3ccccc3)CC2)cc1. The minimum Gasteiger partial charge on any atom is -0.352 e. The number of hydrogen-bond acceptors (Lipinski definition) is 3. The fraction of sp³-hybridized carbons (Fsp3) is 0.409. The molecule has 0 saturated carbocycles. The van der Waals surface area contributed by atoms with Gasteiger partial charge in [0.2, 0.25) is 15.9 Å². The average Bonchev–Trinajstić information content (AvgIpc) is 2.73. The normalized spacial score (nSPS) is 17.2. The van der Waals surface area contributed by atoms with Gasteiger partial charge in [0.1, 0.15) is 0 Å². The Morgan fingerprint density at radius 2 is 1.61 bits per heavy atom. The largest absolute Gasteiger partial charge is 0.352 e. The molecule has 1 aliphatic rings. The van der Waals surface area contributed by atoms with Crippen LogP contribution in [0.3, 0.4) is 0 Å². The van der Waals surface area contributed by atoms with Crippen LogP contribution >= 0.6 is 0 Å². The number of piperidine rings is 1. The maximum atomic E-state index is 12.9. The smallest absolute Gasteiger partial charge is 0.243 e. The first-order chi connectivity index (χ1) is 13.3. The van der Waals surface area contributed by atoms with Crippen LogP contribution in [0.4, 0.5) is 0 Å². The van der Waals surface area contributed by atoms with Gasteiger partial charge in [-0.15, -0.1) is 0 Å². The van der Waals surface area contributed by atoms with E-state index in [2.05, 4.69) is 5.32 Å². The zero-order chi connectivity index (χ0) is 20.2. The standard InChI is InChI=1S/C22H28N2O3S/c1-3-18-9-11-20(12-10-18)28(26,27)24-15-13-22(2,14-16-24)21(25)23-17-19-7-5-4-6-8-19/h4-12H,3,13-17H2,1-2H3,(H,23,25). The summed E-state index contributed by atoms with van der Waals surface area (Å²) in [6.07, 6.45) is 1.90. The second-order valence-corrected chi connectivity index (χ2v) is 9.57. The van der Waals surface area contributed by atoms with Crippen molar-refractivity contribution in [3.05, 3.63) is 65.7 Å². The van der Waals surface area contributed by atoms with Crippen LogP contribution in [0.15, 0.2) is 59.5 Å². The maximum Gasteiger partial charge on any atom is 0.243 e. The van der Waals surface area contributed by atoms with Crippen molar-refractivity contribution >= 4 is 15.9 Å². The van der Waals surface area contributed by atoms with Crippen molar-refractivity contribution in [2.75, 3.05) is 13.1 Å². The number of benzene rings is 2. The molecule has 28 heavy (non-hydrogen) atoms. The molecule has 1 N–H and O–H groups in total. The molecule has 0 spiro atoms. The number of hydrogen-bond donors (Lipinski definition) is 1. The summed E-state index contributed by atoms with van der Waals surface area (Å²) < 4.78 is 27.3. The number of amides is 1. The predicted octanol–water partition coefficient (Wildman–Crippen LogP) is 3.36. The molecular formula is C22H28N2O3S. The zero-order valence-electron chi connectivity index (χ0n) is 16.5. The van der Waals surface area contributed by atoms with Gasteiger partial charge in [-0.2, -0.15) is 4.31 Å². The molecular weight excluding hydrogens is 372 g/mol. The lowest BCUT2D eigenvalue weighted by Gasteiger charge is -2.37. The second-order valence-electron chi connectivity index (χ2n) is 7.63. The third-order valence-electron chi connectivity index (χ3n) is 5.64. The van der Waals surface area contributed by atoms with Gasteiger partial charge in [0, 0.05) is 25.0 Å². The molecule has 150 valence electrons. The molecule has 1 saturated heterocycles. The van der Waals surface area contributed by atoms with Crippen LogP contribution in [-0.2, 0) is 27.8 Å². The summed E-state index contributed by atoms with van der Waals surface area (Å²) in [5.41, 5.74) is 1.61. The first-order valence-electron chi connectivity index (χ1n) is 9.76. The molecule has 1 heterocycles. The molecule has 2 aromatic rings. The van der Waals surface area contributed by atoms with Crippen LogP contribution in [0.25, 0.3) is 0 Å². The number of nitrogens with zero attached hydrogens (tertiary/aromatic N) is 1. The lowest BCUT2D eigenvalue weighted by atomic mass is 9.80. The van der Waals surface area contributed by atoms with Crippen LogP contribution in [0.5, 0.6) is 0 Å². The van der Waals surface area contributed by atoms with Crippen molar-refractivity contribution in [2.45, 2.75) is 44.6 Å². The van der Waals surface area contributed by atoms with Crippen LogP contribution in [0, 0.1) is 5.41 Å². The number of sulfonamides is 1. The Morgan fingerprint density at radius 1 is 1.00 bits per heavy atom. The van der Waals surface area contributed by atoms with Crippen LogP contribution < -0.4 is 5.32 Å². The average molecular weight is 401 g/mol. The Balaban J connectivity index is 1.61. The molecule has 0 unspecified atom stereocenters. The molecule has 1 aliphatic heterocycles. The quantitative estimate of drug-likeness (QED) is 0.809. The first kappa shape index (κ1) is 20.6. The van der Waals surface area contributed by atoms with Crippen molar-refractivity contribution in [3.63, 3.8) is 0 Å². The van der Waals surface area contributed by atoms with E-state index >= 15 is 0 Å². The van der Waals surface area contributed by atoms with Crippen LogP contribution in [0.2, 0.25) is 0 Å². The van der Waals surface area contributed by atoms with E-state index in [4.69, 9.17) is 0 Å². The van der Waals surface area contributed by atoms with Gasteiger partial charge in [0.15, 0.2) is 0 Å². The highest BCUT2D eigenvalue weighted by molar-refractivity contribution is 7.89. The van der Waals surface area contributed by atoms with Gasteiger partial charge in [0.05, 0.1) is 4.90 Å². The third-order valence-corrected chi connectivity index (χ3v) is 7.55. The Labute approximate surface area is 167 Å². The summed E-state index contributed by atoms with van der Waals surface area (Å²) >= 11 is 0. The molecule has 1 amide bonds. The monoisotopic (exact) mass is 400 g/mol. The first-order valence-corrected chi connectivity index (χ1v) is 11.2. The molecule has 0 bridgehead atoms. The second kappa shape index (κ2) is 8.45. The molecule has 0 radical (unpaired) electrons. The minimum atomic E-state index is -3.52. The molecule has 3 rings (SSSR count). The van der Waals surface area contributed by atoms with E-state index in [0.29, 0.717) is 37.4 Å². The lowest BCUT2D eigenvalue weighted by molar-refractivity contribution is -0.132. The fourth-order valence-electron chi connectivity index (χ4n) is 3.48. The molecule has 0 atom stereocenters. The number of carbonyl (C=O) groups is 1. The Morgan fingerprint density at radius 3 is 2.18 bits per heavy atom. The molecule has 5 nitrogen and oxygen atoms in total. The highest BCUT2D eigenvalue weighted by Crippen LogP contribution is 2.33. The molecule has 1 fully saturated rings. The van der Waals surface area contributed by atoms with Crippen molar-refractivity contribution in [3.8, 4) is 0 Å². The van der Waals surface area contributed by atoms with E-state index in [-0.39, 0.29) is 5.91 Å². The van der Waals surface area contributed by atoms with E-state index in [1.165, 1.54) is 4.31 Å². The van der Waals surface area contributed by atoms with Crippen molar-refractivity contribution in [2.24, 2.45) is 5.41 Å². The maximum absolute atomic E-state index is 12.9. The number of carbonyl (C=O) groups excluding carboxylic acids is 1. The van der Waals surface area contributed by atoms with E-state index in [9.17, 15) is 13.2 Å². The molecule has 0 aliphatic carbocycles. The Kier molecular flexibility index (Phi) is 6.20. The lowest BCUT2D eigenvalue weighted by Crippen LogP contribution is -2.48. The summed E-state index contributed by atoms with van der Waals surface area (Å²) in [5.74, 6) is -0.0132. The number of aryl methyl sites for hydroxylation is 1.